The van der Waals surface area contributed by atoms with Crippen LogP contribution in [0.5, 0.6) is 11.5 Å². The SMILES string of the molecule is COc1cc(Nc2ncc(-c3cn(CCS(C)(=O)=O)c(=O)c(C(=O)O)c3C)c(-n3nc(C(F)(F)F)cc3C)n2)cc(OC)c1. The molecule has 1 aromatic carbocycles. The van der Waals surface area contributed by atoms with Gasteiger partial charge in [0.25, 0.3) is 5.56 Å². The highest BCUT2D eigenvalue weighted by Crippen LogP contribution is 2.34. The molecule has 4 rings (SSSR count). The lowest BCUT2D eigenvalue weighted by Gasteiger charge is -2.17. The van der Waals surface area contributed by atoms with Gasteiger partial charge in [-0.1, -0.05) is 0 Å². The molecule has 0 aliphatic rings. The van der Waals surface area contributed by atoms with Gasteiger partial charge in [-0.2, -0.15) is 23.3 Å². The normalized spacial score (nSPS) is 11.8. The molecular formula is C27H27F3N6O7S. The Morgan fingerprint density at radius 2 is 1.70 bits per heavy atom. The molecule has 0 amide bonds. The van der Waals surface area contributed by atoms with E-state index in [9.17, 15) is 36.3 Å². The topological polar surface area (TPSA) is 168 Å². The number of nitrogens with zero attached hydrogens (tertiary/aromatic N) is 5. The molecule has 0 fully saturated rings. The van der Waals surface area contributed by atoms with E-state index in [1.807, 2.05) is 0 Å². The molecule has 2 N–H and O–H groups in total. The minimum Gasteiger partial charge on any atom is -0.497 e. The van der Waals surface area contributed by atoms with Gasteiger partial charge in [0, 0.05) is 65.9 Å². The quantitative estimate of drug-likeness (QED) is 0.261. The van der Waals surface area contributed by atoms with Crippen molar-refractivity contribution < 1.29 is 41.0 Å². The van der Waals surface area contributed by atoms with Crippen molar-refractivity contribution in [1.82, 2.24) is 24.3 Å². The lowest BCUT2D eigenvalue weighted by atomic mass is 10.00. The van der Waals surface area contributed by atoms with Gasteiger partial charge in [0.2, 0.25) is 5.95 Å². The van der Waals surface area contributed by atoms with E-state index in [1.165, 1.54) is 40.5 Å². The minimum absolute atomic E-state index is 0.0202. The van der Waals surface area contributed by atoms with Gasteiger partial charge in [-0.05, 0) is 25.5 Å². The van der Waals surface area contributed by atoms with Crippen LogP contribution < -0.4 is 20.3 Å². The van der Waals surface area contributed by atoms with Crippen molar-refractivity contribution in [3.8, 4) is 28.4 Å². The molecule has 3 heterocycles. The third-order valence-electron chi connectivity index (χ3n) is 6.50. The molecular weight excluding hydrogens is 609 g/mol. The highest BCUT2D eigenvalue weighted by atomic mass is 32.2. The summed E-state index contributed by atoms with van der Waals surface area (Å²) in [7, 11) is -0.656. The van der Waals surface area contributed by atoms with Crippen LogP contribution in [0.25, 0.3) is 16.9 Å². The van der Waals surface area contributed by atoms with Crippen molar-refractivity contribution in [3.63, 3.8) is 0 Å². The summed E-state index contributed by atoms with van der Waals surface area (Å²) in [6.45, 7) is 2.34. The van der Waals surface area contributed by atoms with Crippen LogP contribution in [-0.4, -0.2) is 70.0 Å². The fourth-order valence-electron chi connectivity index (χ4n) is 4.32. The Morgan fingerprint density at radius 1 is 1.07 bits per heavy atom. The van der Waals surface area contributed by atoms with Crippen molar-refractivity contribution in [2.75, 3.05) is 31.5 Å². The molecule has 3 aromatic heterocycles. The Bertz CT molecular complexity index is 1900. The smallest absolute Gasteiger partial charge is 0.435 e. The summed E-state index contributed by atoms with van der Waals surface area (Å²) in [5, 5.41) is 16.5. The number of carboxylic acids is 1. The standard InChI is InChI=1S/C27H27F3N6O7S/c1-14-8-21(27(28,29)30)34-36(14)23-19(12-31-26(33-23)32-16-9-17(42-3)11-18(10-16)43-4)20-13-35(6-7-44(5,40)41)24(37)22(15(20)2)25(38)39/h8-13H,6-7H2,1-5H3,(H,38,39)(H,31,32,33). The number of anilines is 2. The fraction of sp³-hybridized carbons (Fsp3) is 0.296. The van der Waals surface area contributed by atoms with Crippen LogP contribution in [0.15, 0.2) is 41.5 Å². The van der Waals surface area contributed by atoms with E-state index in [4.69, 9.17) is 9.47 Å². The summed E-state index contributed by atoms with van der Waals surface area (Å²) in [6, 6.07) is 5.63. The van der Waals surface area contributed by atoms with Crippen molar-refractivity contribution in [2.24, 2.45) is 0 Å². The summed E-state index contributed by atoms with van der Waals surface area (Å²) in [5.74, 6) is -1.46. The molecule has 0 radical (unpaired) electrons. The Balaban J connectivity index is 1.98. The van der Waals surface area contributed by atoms with Gasteiger partial charge < -0.3 is 24.5 Å². The zero-order valence-corrected chi connectivity index (χ0v) is 24.9. The number of alkyl halides is 3. The number of benzene rings is 1. The first-order valence-electron chi connectivity index (χ1n) is 12.7. The fourth-order valence-corrected chi connectivity index (χ4v) is 4.85. The maximum absolute atomic E-state index is 13.6. The average Bonchev–Trinajstić information content (AvgIpc) is 3.34. The molecule has 0 bridgehead atoms. The molecule has 234 valence electrons. The second-order valence-corrected chi connectivity index (χ2v) is 12.0. The maximum atomic E-state index is 13.6. The Morgan fingerprint density at radius 3 is 2.23 bits per heavy atom. The number of ether oxygens (including phenoxy) is 2. The molecule has 44 heavy (non-hydrogen) atoms. The molecule has 0 saturated carbocycles. The van der Waals surface area contributed by atoms with E-state index in [-0.39, 0.29) is 40.7 Å². The lowest BCUT2D eigenvalue weighted by molar-refractivity contribution is -0.141. The van der Waals surface area contributed by atoms with Gasteiger partial charge >= 0.3 is 12.1 Å². The molecule has 0 aliphatic heterocycles. The van der Waals surface area contributed by atoms with Crippen LogP contribution in [-0.2, 0) is 22.6 Å². The summed E-state index contributed by atoms with van der Waals surface area (Å²) in [4.78, 5) is 33.8. The molecule has 0 unspecified atom stereocenters. The molecule has 0 spiro atoms. The van der Waals surface area contributed by atoms with Gasteiger partial charge in [-0.15, -0.1) is 0 Å². The first-order chi connectivity index (χ1) is 20.5. The number of nitrogens with one attached hydrogen (secondary N) is 1. The number of halogens is 3. The predicted octanol–water partition coefficient (Wildman–Crippen LogP) is 3.63. The first-order valence-corrected chi connectivity index (χ1v) is 14.7. The number of carbonyl (C=O) groups is 1. The van der Waals surface area contributed by atoms with E-state index < -0.39 is 44.6 Å². The molecule has 17 heteroatoms. The first kappa shape index (κ1) is 32.0. The second kappa shape index (κ2) is 12.0. The molecule has 0 atom stereocenters. The monoisotopic (exact) mass is 636 g/mol. The van der Waals surface area contributed by atoms with Crippen LogP contribution in [0.3, 0.4) is 0 Å². The summed E-state index contributed by atoms with van der Waals surface area (Å²) in [5.41, 5.74) is -2.32. The minimum atomic E-state index is -4.79. The molecule has 13 nitrogen and oxygen atoms in total. The number of hydrogen-bond acceptors (Lipinski definition) is 10. The van der Waals surface area contributed by atoms with E-state index >= 15 is 0 Å². The Kier molecular flexibility index (Phi) is 8.71. The highest BCUT2D eigenvalue weighted by Gasteiger charge is 2.35. The Hall–Kier alpha value is -4.93. The van der Waals surface area contributed by atoms with Gasteiger partial charge in [0.1, 0.15) is 26.9 Å². The molecule has 0 aliphatic carbocycles. The van der Waals surface area contributed by atoms with Crippen LogP contribution in [0.2, 0.25) is 0 Å². The van der Waals surface area contributed by atoms with Crippen LogP contribution in [0, 0.1) is 13.8 Å². The number of pyridine rings is 1. The van der Waals surface area contributed by atoms with Gasteiger partial charge in [0.05, 0.1) is 20.0 Å². The van der Waals surface area contributed by atoms with Gasteiger partial charge in [0.15, 0.2) is 11.5 Å². The van der Waals surface area contributed by atoms with E-state index in [1.54, 1.807) is 18.2 Å². The van der Waals surface area contributed by atoms with Crippen LogP contribution in [0.4, 0.5) is 24.8 Å². The third-order valence-corrected chi connectivity index (χ3v) is 7.42. The third kappa shape index (κ3) is 6.82. The number of hydrogen-bond donors (Lipinski definition) is 2. The van der Waals surface area contributed by atoms with Gasteiger partial charge in [-0.25, -0.2) is 22.9 Å². The largest absolute Gasteiger partial charge is 0.497 e. The molecule has 4 aromatic rings. The van der Waals surface area contributed by atoms with Crippen molar-refractivity contribution in [1.29, 1.82) is 0 Å². The zero-order chi connectivity index (χ0) is 32.6. The Labute approximate surface area is 248 Å². The summed E-state index contributed by atoms with van der Waals surface area (Å²) < 4.78 is 76.8. The average molecular weight is 637 g/mol. The van der Waals surface area contributed by atoms with E-state index in [2.05, 4.69) is 20.4 Å². The summed E-state index contributed by atoms with van der Waals surface area (Å²) >= 11 is 0. The van der Waals surface area contributed by atoms with Crippen molar-refractivity contribution in [3.05, 3.63) is 69.5 Å². The summed E-state index contributed by atoms with van der Waals surface area (Å²) in [6.07, 6.45) is -1.37. The van der Waals surface area contributed by atoms with Crippen LogP contribution >= 0.6 is 0 Å². The zero-order valence-electron chi connectivity index (χ0n) is 24.1. The number of carboxylic acid groups (broad SMARTS) is 1. The predicted molar refractivity (Wildman–Crippen MR) is 153 cm³/mol. The van der Waals surface area contributed by atoms with Crippen molar-refractivity contribution in [2.45, 2.75) is 26.6 Å². The van der Waals surface area contributed by atoms with E-state index in [0.29, 0.717) is 17.2 Å². The lowest BCUT2D eigenvalue weighted by Crippen LogP contribution is -2.30. The second-order valence-electron chi connectivity index (χ2n) is 9.71. The number of aromatic nitrogens is 5. The maximum Gasteiger partial charge on any atom is 0.435 e. The number of sulfone groups is 1. The number of rotatable bonds is 10. The number of methoxy groups -OCH3 is 2. The van der Waals surface area contributed by atoms with E-state index in [0.717, 1.165) is 21.6 Å². The number of aryl methyl sites for hydroxylation is 2. The van der Waals surface area contributed by atoms with Gasteiger partial charge in [-0.3, -0.25) is 4.79 Å². The molecule has 0 saturated heterocycles. The highest BCUT2D eigenvalue weighted by molar-refractivity contribution is 7.90. The van der Waals surface area contributed by atoms with Crippen LogP contribution in [0.1, 0.15) is 27.3 Å². The van der Waals surface area contributed by atoms with Crippen molar-refractivity contribution >= 4 is 27.4 Å². The number of aromatic carboxylic acids is 1.